The average molecular weight is 449 g/mol. The minimum atomic E-state index is -0.147. The number of likely N-dealkylation sites (tertiary alicyclic amines) is 2. The predicted octanol–water partition coefficient (Wildman–Crippen LogP) is 1.70. The molecule has 2 saturated heterocycles. The van der Waals surface area contributed by atoms with E-state index in [-0.39, 0.29) is 23.7 Å². The molecule has 0 spiro atoms. The van der Waals surface area contributed by atoms with Crippen LogP contribution in [0.4, 0.5) is 5.95 Å². The zero-order valence-corrected chi connectivity index (χ0v) is 18.8. The van der Waals surface area contributed by atoms with Gasteiger partial charge in [-0.2, -0.15) is 0 Å². The van der Waals surface area contributed by atoms with Gasteiger partial charge in [-0.25, -0.2) is 9.97 Å². The highest BCUT2D eigenvalue weighted by atomic mass is 16.2. The van der Waals surface area contributed by atoms with Crippen molar-refractivity contribution in [1.29, 1.82) is 0 Å². The molecule has 0 unspecified atom stereocenters. The van der Waals surface area contributed by atoms with E-state index in [1.165, 1.54) is 12.8 Å². The van der Waals surface area contributed by atoms with Crippen molar-refractivity contribution in [2.24, 2.45) is 13.0 Å². The van der Waals surface area contributed by atoms with Gasteiger partial charge in [0.15, 0.2) is 0 Å². The van der Waals surface area contributed by atoms with E-state index in [9.17, 15) is 9.59 Å². The lowest BCUT2D eigenvalue weighted by Gasteiger charge is -2.32. The summed E-state index contributed by atoms with van der Waals surface area (Å²) in [5.41, 5.74) is 2.39. The Kier molecular flexibility index (Phi) is 5.99. The van der Waals surface area contributed by atoms with Gasteiger partial charge in [-0.05, 0) is 44.8 Å². The van der Waals surface area contributed by atoms with Crippen LogP contribution in [-0.4, -0.2) is 79.3 Å². The fourth-order valence-corrected chi connectivity index (χ4v) is 4.56. The number of anilines is 1. The van der Waals surface area contributed by atoms with Crippen molar-refractivity contribution in [1.82, 2.24) is 34.8 Å². The van der Waals surface area contributed by atoms with Crippen LogP contribution in [0.25, 0.3) is 22.2 Å². The van der Waals surface area contributed by atoms with Gasteiger partial charge < -0.3 is 4.90 Å². The van der Waals surface area contributed by atoms with Crippen LogP contribution in [-0.2, 0) is 16.6 Å². The Hall–Kier alpha value is -3.40. The van der Waals surface area contributed by atoms with E-state index < -0.39 is 0 Å². The van der Waals surface area contributed by atoms with Gasteiger partial charge in [0.05, 0.1) is 18.3 Å². The molecule has 2 amide bonds. The van der Waals surface area contributed by atoms with E-state index in [2.05, 4.69) is 30.5 Å². The number of benzene rings is 1. The number of nitrogens with zero attached hydrogens (tertiary/aromatic N) is 7. The molecule has 1 aromatic carbocycles. The highest BCUT2D eigenvalue weighted by Crippen LogP contribution is 2.23. The number of aryl methyl sites for hydroxylation is 1. The van der Waals surface area contributed by atoms with E-state index in [4.69, 9.17) is 0 Å². The Labute approximate surface area is 192 Å². The molecule has 33 heavy (non-hydrogen) atoms. The molecule has 10 nitrogen and oxygen atoms in total. The van der Waals surface area contributed by atoms with Crippen LogP contribution in [0.15, 0.2) is 30.6 Å². The molecule has 0 radical (unpaired) electrons. The van der Waals surface area contributed by atoms with Crippen LogP contribution >= 0.6 is 0 Å². The van der Waals surface area contributed by atoms with Crippen molar-refractivity contribution in [2.75, 3.05) is 38.0 Å². The number of carbonyl (C=O) groups excluding carboxylic acids is 2. The van der Waals surface area contributed by atoms with E-state index in [1.54, 1.807) is 10.9 Å². The minimum absolute atomic E-state index is 0.0916. The standard InChI is InChI=1S/C23H28N8O2/c1-29-14-20(27-28-29)17-4-5-18-13-24-23(25-19(18)12-17)26-22(33)16-6-10-31(11-7-16)21(32)15-30-8-2-3-9-30/h4-5,12-14,16H,2-3,6-11,15H2,1H3,(H,24,25,26,33). The molecular weight excluding hydrogens is 420 g/mol. The summed E-state index contributed by atoms with van der Waals surface area (Å²) in [7, 11) is 1.82. The van der Waals surface area contributed by atoms with Crippen molar-refractivity contribution >= 4 is 28.7 Å². The smallest absolute Gasteiger partial charge is 0.236 e. The Morgan fingerprint density at radius 1 is 1.12 bits per heavy atom. The minimum Gasteiger partial charge on any atom is -0.342 e. The normalized spacial score (nSPS) is 17.5. The van der Waals surface area contributed by atoms with Crippen LogP contribution in [0.2, 0.25) is 0 Å². The Morgan fingerprint density at radius 3 is 2.64 bits per heavy atom. The van der Waals surface area contributed by atoms with E-state index >= 15 is 0 Å². The summed E-state index contributed by atoms with van der Waals surface area (Å²) in [5, 5.41) is 11.9. The summed E-state index contributed by atoms with van der Waals surface area (Å²) in [6, 6.07) is 5.80. The molecule has 0 bridgehead atoms. The van der Waals surface area contributed by atoms with Crippen molar-refractivity contribution in [2.45, 2.75) is 25.7 Å². The molecule has 10 heteroatoms. The number of piperidine rings is 1. The molecule has 2 aliphatic rings. The maximum absolute atomic E-state index is 12.8. The Morgan fingerprint density at radius 2 is 1.91 bits per heavy atom. The van der Waals surface area contributed by atoms with Gasteiger partial charge in [-0.1, -0.05) is 17.3 Å². The van der Waals surface area contributed by atoms with Gasteiger partial charge in [0.1, 0.15) is 5.69 Å². The molecule has 2 fully saturated rings. The lowest BCUT2D eigenvalue weighted by atomic mass is 9.96. The first kappa shape index (κ1) is 21.4. The van der Waals surface area contributed by atoms with Gasteiger partial charge in [0.2, 0.25) is 17.8 Å². The molecule has 2 aromatic heterocycles. The van der Waals surface area contributed by atoms with Crippen LogP contribution in [0, 0.1) is 5.92 Å². The third kappa shape index (κ3) is 4.85. The number of carbonyl (C=O) groups is 2. The topological polar surface area (TPSA) is 109 Å². The number of aromatic nitrogens is 5. The van der Waals surface area contributed by atoms with Crippen molar-refractivity contribution in [3.05, 3.63) is 30.6 Å². The summed E-state index contributed by atoms with van der Waals surface area (Å²) in [6.07, 6.45) is 7.21. The van der Waals surface area contributed by atoms with Crippen molar-refractivity contribution < 1.29 is 9.59 Å². The first-order chi connectivity index (χ1) is 16.0. The maximum Gasteiger partial charge on any atom is 0.236 e. The van der Waals surface area contributed by atoms with Crippen LogP contribution in [0.5, 0.6) is 0 Å². The molecule has 2 aliphatic heterocycles. The second-order valence-electron chi connectivity index (χ2n) is 8.87. The number of fused-ring (bicyclic) bond motifs is 1. The fourth-order valence-electron chi connectivity index (χ4n) is 4.56. The molecule has 1 N–H and O–H groups in total. The highest BCUT2D eigenvalue weighted by molar-refractivity contribution is 5.92. The molecule has 3 aromatic rings. The molecule has 172 valence electrons. The molecule has 0 saturated carbocycles. The summed E-state index contributed by atoms with van der Waals surface area (Å²) >= 11 is 0. The fraction of sp³-hybridized carbons (Fsp3) is 0.478. The zero-order chi connectivity index (χ0) is 22.8. The zero-order valence-electron chi connectivity index (χ0n) is 18.8. The van der Waals surface area contributed by atoms with Crippen LogP contribution in [0.3, 0.4) is 0 Å². The quantitative estimate of drug-likeness (QED) is 0.633. The summed E-state index contributed by atoms with van der Waals surface area (Å²) in [4.78, 5) is 38.3. The maximum atomic E-state index is 12.8. The predicted molar refractivity (Wildman–Crippen MR) is 123 cm³/mol. The number of hydrogen-bond acceptors (Lipinski definition) is 7. The lowest BCUT2D eigenvalue weighted by molar-refractivity contribution is -0.135. The van der Waals surface area contributed by atoms with Gasteiger partial charge in [-0.3, -0.25) is 24.5 Å². The lowest BCUT2D eigenvalue weighted by Crippen LogP contribution is -2.45. The average Bonchev–Trinajstić information content (AvgIpc) is 3.50. The molecule has 5 rings (SSSR count). The highest BCUT2D eigenvalue weighted by Gasteiger charge is 2.28. The first-order valence-corrected chi connectivity index (χ1v) is 11.5. The molecule has 4 heterocycles. The molecule has 0 atom stereocenters. The summed E-state index contributed by atoms with van der Waals surface area (Å²) in [6.45, 7) is 3.75. The number of rotatable bonds is 5. The Balaban J connectivity index is 1.19. The third-order valence-electron chi connectivity index (χ3n) is 6.49. The molecular formula is C23H28N8O2. The first-order valence-electron chi connectivity index (χ1n) is 11.5. The van der Waals surface area contributed by atoms with Gasteiger partial charge in [0.25, 0.3) is 0 Å². The Bertz CT molecular complexity index is 1160. The number of hydrogen-bond donors (Lipinski definition) is 1. The summed E-state index contributed by atoms with van der Waals surface area (Å²) in [5.74, 6) is 0.223. The van der Waals surface area contributed by atoms with Gasteiger partial charge in [0, 0.05) is 43.2 Å². The van der Waals surface area contributed by atoms with Gasteiger partial charge >= 0.3 is 0 Å². The van der Waals surface area contributed by atoms with Crippen LogP contribution in [0.1, 0.15) is 25.7 Å². The van der Waals surface area contributed by atoms with E-state index in [1.807, 2.05) is 36.3 Å². The van der Waals surface area contributed by atoms with Crippen molar-refractivity contribution in [3.63, 3.8) is 0 Å². The third-order valence-corrected chi connectivity index (χ3v) is 6.49. The largest absolute Gasteiger partial charge is 0.342 e. The monoisotopic (exact) mass is 448 g/mol. The van der Waals surface area contributed by atoms with E-state index in [0.29, 0.717) is 32.5 Å². The van der Waals surface area contributed by atoms with E-state index in [0.717, 1.165) is 35.2 Å². The SMILES string of the molecule is Cn1cc(-c2ccc3cnc(NC(=O)C4CCN(C(=O)CN5CCCC5)CC4)nc3c2)nn1. The molecule has 0 aliphatic carbocycles. The van der Waals surface area contributed by atoms with Gasteiger partial charge in [-0.15, -0.1) is 5.10 Å². The van der Waals surface area contributed by atoms with Crippen molar-refractivity contribution in [3.8, 4) is 11.3 Å². The number of nitrogens with one attached hydrogen (secondary N) is 1. The van der Waals surface area contributed by atoms with Crippen LogP contribution < -0.4 is 5.32 Å². The summed E-state index contributed by atoms with van der Waals surface area (Å²) < 4.78 is 1.65. The second kappa shape index (κ2) is 9.22. The number of amides is 2. The second-order valence-corrected chi connectivity index (χ2v) is 8.87.